The Balaban J connectivity index is 1.67. The Kier molecular flexibility index (Phi) is 3.23. The quantitative estimate of drug-likeness (QED) is 0.544. The SMILES string of the molecule is Nc1cccc2c1C(=O)NC(Cc1c[nH]c3ccccc13)C(=O)N2. The number of H-pyrrole nitrogens is 1. The summed E-state index contributed by atoms with van der Waals surface area (Å²) in [5, 5.41) is 6.62. The molecule has 2 amide bonds. The van der Waals surface area contributed by atoms with Gasteiger partial charge in [-0.05, 0) is 23.8 Å². The van der Waals surface area contributed by atoms with Gasteiger partial charge < -0.3 is 21.4 Å². The minimum absolute atomic E-state index is 0.252. The molecule has 0 aliphatic carbocycles. The average molecular weight is 320 g/mol. The lowest BCUT2D eigenvalue weighted by Gasteiger charge is -2.14. The number of carbonyl (C=O) groups excluding carboxylic acids is 2. The molecule has 3 aromatic rings. The molecular formula is C18H16N4O2. The van der Waals surface area contributed by atoms with Gasteiger partial charge in [-0.15, -0.1) is 0 Å². The molecule has 6 heteroatoms. The first-order valence-corrected chi connectivity index (χ1v) is 7.68. The molecular weight excluding hydrogens is 304 g/mol. The minimum Gasteiger partial charge on any atom is -0.398 e. The van der Waals surface area contributed by atoms with Crippen LogP contribution < -0.4 is 16.4 Å². The van der Waals surface area contributed by atoms with E-state index in [9.17, 15) is 9.59 Å². The highest BCUT2D eigenvalue weighted by molar-refractivity contribution is 6.12. The van der Waals surface area contributed by atoms with E-state index in [4.69, 9.17) is 5.73 Å². The number of fused-ring (bicyclic) bond motifs is 2. The minimum atomic E-state index is -0.663. The van der Waals surface area contributed by atoms with Gasteiger partial charge in [0.05, 0.1) is 11.3 Å². The zero-order chi connectivity index (χ0) is 16.7. The van der Waals surface area contributed by atoms with Crippen molar-refractivity contribution in [3.05, 3.63) is 59.8 Å². The van der Waals surface area contributed by atoms with Crippen LogP contribution in [0.3, 0.4) is 0 Å². The van der Waals surface area contributed by atoms with Crippen LogP contribution in [0.2, 0.25) is 0 Å². The molecule has 1 aliphatic heterocycles. The zero-order valence-electron chi connectivity index (χ0n) is 12.8. The van der Waals surface area contributed by atoms with Gasteiger partial charge in [-0.25, -0.2) is 0 Å². The Bertz CT molecular complexity index is 961. The van der Waals surface area contributed by atoms with E-state index in [2.05, 4.69) is 15.6 Å². The second-order valence-electron chi connectivity index (χ2n) is 5.85. The number of benzene rings is 2. The number of para-hydroxylation sites is 1. The van der Waals surface area contributed by atoms with Gasteiger partial charge in [-0.2, -0.15) is 0 Å². The van der Waals surface area contributed by atoms with Crippen molar-refractivity contribution in [3.8, 4) is 0 Å². The predicted molar refractivity (Wildman–Crippen MR) is 92.7 cm³/mol. The van der Waals surface area contributed by atoms with Crippen molar-refractivity contribution in [2.45, 2.75) is 12.5 Å². The van der Waals surface area contributed by atoms with Crippen LogP contribution >= 0.6 is 0 Å². The number of amides is 2. The molecule has 2 heterocycles. The van der Waals surface area contributed by atoms with Crippen LogP contribution in [0.5, 0.6) is 0 Å². The molecule has 6 nitrogen and oxygen atoms in total. The molecule has 120 valence electrons. The topological polar surface area (TPSA) is 100 Å². The number of nitrogens with one attached hydrogen (secondary N) is 3. The first-order chi connectivity index (χ1) is 11.6. The standard InChI is InChI=1S/C18H16N4O2/c19-12-5-3-7-14-16(12)18(24)22-15(17(23)21-14)8-10-9-20-13-6-2-1-4-11(10)13/h1-7,9,15,20H,8,19H2,(H,21,23)(H,22,24). The number of aromatic nitrogens is 1. The lowest BCUT2D eigenvalue weighted by molar-refractivity contribution is -0.117. The van der Waals surface area contributed by atoms with Gasteiger partial charge in [0.15, 0.2) is 0 Å². The summed E-state index contributed by atoms with van der Waals surface area (Å²) in [6.45, 7) is 0. The summed E-state index contributed by atoms with van der Waals surface area (Å²) in [6, 6.07) is 12.2. The maximum absolute atomic E-state index is 12.5. The van der Waals surface area contributed by atoms with Crippen LogP contribution in [-0.2, 0) is 11.2 Å². The summed E-state index contributed by atoms with van der Waals surface area (Å²) >= 11 is 0. The summed E-state index contributed by atoms with van der Waals surface area (Å²) in [5.74, 6) is -0.593. The van der Waals surface area contributed by atoms with E-state index in [0.29, 0.717) is 23.4 Å². The Labute approximate surface area is 138 Å². The summed E-state index contributed by atoms with van der Waals surface area (Å²) in [4.78, 5) is 28.2. The first kappa shape index (κ1) is 14.3. The molecule has 2 aromatic carbocycles. The summed E-state index contributed by atoms with van der Waals surface area (Å²) in [5.41, 5.74) is 8.96. The predicted octanol–water partition coefficient (Wildman–Crippen LogP) is 2.04. The monoisotopic (exact) mass is 320 g/mol. The molecule has 4 rings (SSSR count). The van der Waals surface area contributed by atoms with Crippen molar-refractivity contribution in [3.63, 3.8) is 0 Å². The van der Waals surface area contributed by atoms with Crippen molar-refractivity contribution >= 4 is 34.1 Å². The number of nitrogens with two attached hydrogens (primary N) is 1. The fraction of sp³-hybridized carbons (Fsp3) is 0.111. The van der Waals surface area contributed by atoms with Gasteiger partial charge in [-0.3, -0.25) is 9.59 Å². The largest absolute Gasteiger partial charge is 0.398 e. The number of anilines is 2. The smallest absolute Gasteiger partial charge is 0.256 e. The van der Waals surface area contributed by atoms with E-state index in [0.717, 1.165) is 16.5 Å². The second kappa shape index (κ2) is 5.42. The molecule has 0 bridgehead atoms. The average Bonchev–Trinajstić information content (AvgIpc) is 2.92. The zero-order valence-corrected chi connectivity index (χ0v) is 12.8. The third kappa shape index (κ3) is 2.28. The van der Waals surface area contributed by atoms with Gasteiger partial charge in [0.2, 0.25) is 5.91 Å². The number of nitrogen functional groups attached to an aromatic ring is 1. The molecule has 5 N–H and O–H groups in total. The van der Waals surface area contributed by atoms with Crippen molar-refractivity contribution in [2.75, 3.05) is 11.1 Å². The Morgan fingerprint density at radius 3 is 2.75 bits per heavy atom. The van der Waals surface area contributed by atoms with Crippen molar-refractivity contribution in [2.24, 2.45) is 0 Å². The van der Waals surface area contributed by atoms with Crippen LogP contribution in [0.4, 0.5) is 11.4 Å². The lowest BCUT2D eigenvalue weighted by Crippen LogP contribution is -2.42. The Hall–Kier alpha value is -3.28. The molecule has 0 spiro atoms. The first-order valence-electron chi connectivity index (χ1n) is 7.68. The highest BCUT2D eigenvalue weighted by Gasteiger charge is 2.29. The molecule has 0 saturated carbocycles. The molecule has 24 heavy (non-hydrogen) atoms. The van der Waals surface area contributed by atoms with Gasteiger partial charge in [-0.1, -0.05) is 24.3 Å². The van der Waals surface area contributed by atoms with Crippen LogP contribution in [0.1, 0.15) is 15.9 Å². The van der Waals surface area contributed by atoms with E-state index in [1.165, 1.54) is 0 Å². The van der Waals surface area contributed by atoms with Crippen molar-refractivity contribution in [1.29, 1.82) is 0 Å². The maximum atomic E-state index is 12.5. The number of carbonyl (C=O) groups is 2. The fourth-order valence-electron chi connectivity index (χ4n) is 3.11. The summed E-state index contributed by atoms with van der Waals surface area (Å²) < 4.78 is 0. The molecule has 0 fully saturated rings. The van der Waals surface area contributed by atoms with Gasteiger partial charge in [0, 0.05) is 29.2 Å². The van der Waals surface area contributed by atoms with E-state index >= 15 is 0 Å². The lowest BCUT2D eigenvalue weighted by atomic mass is 10.0. The Morgan fingerprint density at radius 2 is 1.88 bits per heavy atom. The van der Waals surface area contributed by atoms with Gasteiger partial charge in [0.1, 0.15) is 6.04 Å². The molecule has 0 radical (unpaired) electrons. The third-order valence-electron chi connectivity index (χ3n) is 4.30. The molecule has 1 aliphatic rings. The molecule has 1 unspecified atom stereocenters. The fourth-order valence-corrected chi connectivity index (χ4v) is 3.11. The van der Waals surface area contributed by atoms with E-state index in [-0.39, 0.29) is 11.8 Å². The Morgan fingerprint density at radius 1 is 1.04 bits per heavy atom. The van der Waals surface area contributed by atoms with Crippen molar-refractivity contribution < 1.29 is 9.59 Å². The van der Waals surface area contributed by atoms with Gasteiger partial charge >= 0.3 is 0 Å². The summed E-state index contributed by atoms with van der Waals surface area (Å²) in [7, 11) is 0. The summed E-state index contributed by atoms with van der Waals surface area (Å²) in [6.07, 6.45) is 2.27. The number of hydrogen-bond donors (Lipinski definition) is 4. The number of hydrogen-bond acceptors (Lipinski definition) is 3. The van der Waals surface area contributed by atoms with Crippen LogP contribution in [-0.4, -0.2) is 22.8 Å². The van der Waals surface area contributed by atoms with Crippen LogP contribution in [0.15, 0.2) is 48.7 Å². The molecule has 0 saturated heterocycles. The highest BCUT2D eigenvalue weighted by Crippen LogP contribution is 2.26. The van der Waals surface area contributed by atoms with Crippen LogP contribution in [0, 0.1) is 0 Å². The second-order valence-corrected chi connectivity index (χ2v) is 5.85. The van der Waals surface area contributed by atoms with E-state index < -0.39 is 6.04 Å². The third-order valence-corrected chi connectivity index (χ3v) is 4.30. The number of aromatic amines is 1. The normalized spacial score (nSPS) is 17.1. The van der Waals surface area contributed by atoms with Crippen molar-refractivity contribution in [1.82, 2.24) is 10.3 Å². The van der Waals surface area contributed by atoms with E-state index in [1.807, 2.05) is 30.5 Å². The van der Waals surface area contributed by atoms with E-state index in [1.54, 1.807) is 18.2 Å². The van der Waals surface area contributed by atoms with Crippen LogP contribution in [0.25, 0.3) is 10.9 Å². The maximum Gasteiger partial charge on any atom is 0.256 e. The van der Waals surface area contributed by atoms with Gasteiger partial charge in [0.25, 0.3) is 5.91 Å². The molecule has 1 atom stereocenters. The number of rotatable bonds is 2. The molecule has 1 aromatic heterocycles. The highest BCUT2D eigenvalue weighted by atomic mass is 16.2.